The van der Waals surface area contributed by atoms with E-state index in [1.165, 1.54) is 13.1 Å². The molecule has 0 aliphatic rings. The highest BCUT2D eigenvalue weighted by Gasteiger charge is 2.32. The number of nitriles is 1. The first-order chi connectivity index (χ1) is 10.6. The Bertz CT molecular complexity index is 640. The minimum atomic E-state index is -4.94. The van der Waals surface area contributed by atoms with E-state index < -0.39 is 29.7 Å². The molecule has 0 radical (unpaired) electrons. The van der Waals surface area contributed by atoms with Crippen molar-refractivity contribution in [3.05, 3.63) is 23.8 Å². The van der Waals surface area contributed by atoms with Crippen molar-refractivity contribution < 1.29 is 32.6 Å². The van der Waals surface area contributed by atoms with Crippen LogP contribution in [0.4, 0.5) is 23.7 Å². The molecular weight excluding hydrogens is 319 g/mol. The molecule has 0 saturated carbocycles. The van der Waals surface area contributed by atoms with Crippen LogP contribution in [-0.4, -0.2) is 42.0 Å². The maximum atomic E-state index is 12.2. The summed E-state index contributed by atoms with van der Waals surface area (Å²) in [5.74, 6) is -1.76. The van der Waals surface area contributed by atoms with Crippen LogP contribution < -0.4 is 10.1 Å². The standard InChI is InChI=1S/C13H12F3N3O4/c1-19(5-4-11(20)21)12(22)18-9-2-3-10(8(6-9)7-17)23-13(14,15)16/h2-3,6H,4-5H2,1H3,(H,18,22)(H,20,21). The highest BCUT2D eigenvalue weighted by atomic mass is 19.4. The summed E-state index contributed by atoms with van der Waals surface area (Å²) in [5, 5.41) is 19.7. The second kappa shape index (κ2) is 7.35. The zero-order chi connectivity index (χ0) is 17.6. The SMILES string of the molecule is CN(CCC(=O)O)C(=O)Nc1ccc(OC(F)(F)F)c(C#N)c1. The van der Waals surface area contributed by atoms with E-state index in [1.807, 2.05) is 0 Å². The summed E-state index contributed by atoms with van der Waals surface area (Å²) in [6.45, 7) is -0.0540. The second-order valence-corrected chi connectivity index (χ2v) is 4.37. The number of rotatable bonds is 5. The Balaban J connectivity index is 2.80. The van der Waals surface area contributed by atoms with E-state index in [-0.39, 0.29) is 18.7 Å². The maximum absolute atomic E-state index is 12.2. The molecule has 7 nitrogen and oxygen atoms in total. The zero-order valence-corrected chi connectivity index (χ0v) is 11.8. The Morgan fingerprint density at radius 2 is 2.09 bits per heavy atom. The molecule has 0 aliphatic heterocycles. The molecule has 0 heterocycles. The van der Waals surface area contributed by atoms with Crippen molar-refractivity contribution in [3.63, 3.8) is 0 Å². The van der Waals surface area contributed by atoms with Gasteiger partial charge >= 0.3 is 18.4 Å². The van der Waals surface area contributed by atoms with Crippen molar-refractivity contribution in [3.8, 4) is 11.8 Å². The van der Waals surface area contributed by atoms with E-state index in [0.29, 0.717) is 0 Å². The smallest absolute Gasteiger partial charge is 0.481 e. The lowest BCUT2D eigenvalue weighted by Crippen LogP contribution is -2.33. The number of halogens is 3. The molecule has 2 amide bonds. The summed E-state index contributed by atoms with van der Waals surface area (Å²) >= 11 is 0. The summed E-state index contributed by atoms with van der Waals surface area (Å²) in [4.78, 5) is 23.3. The number of hydrogen-bond donors (Lipinski definition) is 2. The predicted molar refractivity (Wildman–Crippen MR) is 71.7 cm³/mol. The van der Waals surface area contributed by atoms with Crippen LogP contribution in [0, 0.1) is 11.3 Å². The van der Waals surface area contributed by atoms with Crippen LogP contribution in [0.25, 0.3) is 0 Å². The first-order valence-electron chi connectivity index (χ1n) is 6.16. The number of benzene rings is 1. The predicted octanol–water partition coefficient (Wildman–Crippen LogP) is 2.40. The third-order valence-corrected chi connectivity index (χ3v) is 2.58. The summed E-state index contributed by atoms with van der Waals surface area (Å²) in [6.07, 6.45) is -5.20. The average molecular weight is 331 g/mol. The molecule has 0 spiro atoms. The normalized spacial score (nSPS) is 10.6. The van der Waals surface area contributed by atoms with Crippen LogP contribution in [0.15, 0.2) is 18.2 Å². The van der Waals surface area contributed by atoms with Crippen LogP contribution in [0.3, 0.4) is 0 Å². The molecule has 0 aromatic heterocycles. The molecule has 0 atom stereocenters. The Kier molecular flexibility index (Phi) is 5.78. The van der Waals surface area contributed by atoms with Gasteiger partial charge in [-0.1, -0.05) is 0 Å². The van der Waals surface area contributed by atoms with E-state index in [1.54, 1.807) is 0 Å². The number of urea groups is 1. The molecule has 0 bridgehead atoms. The number of carboxylic acids is 1. The van der Waals surface area contributed by atoms with E-state index in [2.05, 4.69) is 10.1 Å². The van der Waals surface area contributed by atoms with Gasteiger partial charge in [0.15, 0.2) is 0 Å². The number of carbonyl (C=O) groups excluding carboxylic acids is 1. The van der Waals surface area contributed by atoms with Gasteiger partial charge in [-0.25, -0.2) is 4.79 Å². The highest BCUT2D eigenvalue weighted by molar-refractivity contribution is 5.89. The lowest BCUT2D eigenvalue weighted by molar-refractivity contribution is -0.274. The van der Waals surface area contributed by atoms with Gasteiger partial charge in [-0.05, 0) is 18.2 Å². The number of hydrogen-bond acceptors (Lipinski definition) is 4. The molecule has 10 heteroatoms. The number of anilines is 1. The number of carboxylic acid groups (broad SMARTS) is 1. The quantitative estimate of drug-likeness (QED) is 0.862. The Labute approximate surface area is 128 Å². The molecule has 1 aromatic rings. The lowest BCUT2D eigenvalue weighted by Gasteiger charge is -2.17. The first-order valence-corrected chi connectivity index (χ1v) is 6.16. The maximum Gasteiger partial charge on any atom is 0.573 e. The second-order valence-electron chi connectivity index (χ2n) is 4.37. The topological polar surface area (TPSA) is 103 Å². The first kappa shape index (κ1) is 18.1. The molecule has 0 saturated heterocycles. The fraction of sp³-hybridized carbons (Fsp3) is 0.308. The molecule has 2 N–H and O–H groups in total. The molecule has 23 heavy (non-hydrogen) atoms. The molecule has 124 valence electrons. The third kappa shape index (κ3) is 6.13. The van der Waals surface area contributed by atoms with Crippen LogP contribution in [-0.2, 0) is 4.79 Å². The molecule has 0 aliphatic carbocycles. The Morgan fingerprint density at radius 3 is 2.61 bits per heavy atom. The van der Waals surface area contributed by atoms with Crippen molar-refractivity contribution in [2.75, 3.05) is 18.9 Å². The number of amides is 2. The Hall–Kier alpha value is -2.96. The van der Waals surface area contributed by atoms with Gasteiger partial charge in [-0.2, -0.15) is 5.26 Å². The number of nitrogens with zero attached hydrogens (tertiary/aromatic N) is 2. The zero-order valence-electron chi connectivity index (χ0n) is 11.8. The van der Waals surface area contributed by atoms with Crippen LogP contribution in [0.5, 0.6) is 5.75 Å². The number of nitrogens with one attached hydrogen (secondary N) is 1. The molecule has 0 unspecified atom stereocenters. The number of carbonyl (C=O) groups is 2. The average Bonchev–Trinajstić information content (AvgIpc) is 2.44. The largest absolute Gasteiger partial charge is 0.573 e. The van der Waals surface area contributed by atoms with Gasteiger partial charge in [0.25, 0.3) is 0 Å². The molecule has 1 aromatic carbocycles. The summed E-state index contributed by atoms with van der Waals surface area (Å²) in [7, 11) is 1.35. The fourth-order valence-corrected chi connectivity index (χ4v) is 1.49. The molecule has 1 rings (SSSR count). The molecule has 0 fully saturated rings. The van der Waals surface area contributed by atoms with Gasteiger partial charge in [0.2, 0.25) is 0 Å². The number of alkyl halides is 3. The van der Waals surface area contributed by atoms with Crippen molar-refractivity contribution in [2.45, 2.75) is 12.8 Å². The fourth-order valence-electron chi connectivity index (χ4n) is 1.49. The van der Waals surface area contributed by atoms with Gasteiger partial charge in [-0.3, -0.25) is 4.79 Å². The van der Waals surface area contributed by atoms with Gasteiger partial charge < -0.3 is 20.1 Å². The highest BCUT2D eigenvalue weighted by Crippen LogP contribution is 2.28. The Morgan fingerprint density at radius 1 is 1.43 bits per heavy atom. The number of ether oxygens (including phenoxy) is 1. The van der Waals surface area contributed by atoms with Gasteiger partial charge in [0.05, 0.1) is 12.0 Å². The number of aliphatic carboxylic acids is 1. The van der Waals surface area contributed by atoms with E-state index in [9.17, 15) is 22.8 Å². The molecular formula is C13H12F3N3O4. The van der Waals surface area contributed by atoms with Crippen molar-refractivity contribution in [1.29, 1.82) is 5.26 Å². The van der Waals surface area contributed by atoms with Crippen LogP contribution in [0.1, 0.15) is 12.0 Å². The summed E-state index contributed by atoms with van der Waals surface area (Å²) in [6, 6.07) is 3.92. The third-order valence-electron chi connectivity index (χ3n) is 2.58. The van der Waals surface area contributed by atoms with Crippen LogP contribution >= 0.6 is 0 Å². The van der Waals surface area contributed by atoms with Crippen LogP contribution in [0.2, 0.25) is 0 Å². The minimum Gasteiger partial charge on any atom is -0.481 e. The lowest BCUT2D eigenvalue weighted by atomic mass is 10.2. The van der Waals surface area contributed by atoms with E-state index >= 15 is 0 Å². The van der Waals surface area contributed by atoms with Gasteiger partial charge in [0.1, 0.15) is 11.8 Å². The summed E-state index contributed by atoms with van der Waals surface area (Å²) < 4.78 is 40.2. The van der Waals surface area contributed by atoms with Gasteiger partial charge in [-0.15, -0.1) is 13.2 Å². The minimum absolute atomic E-state index is 0.0540. The van der Waals surface area contributed by atoms with Crippen molar-refractivity contribution in [2.24, 2.45) is 0 Å². The monoisotopic (exact) mass is 331 g/mol. The van der Waals surface area contributed by atoms with E-state index in [0.717, 1.165) is 23.1 Å². The van der Waals surface area contributed by atoms with Crippen molar-refractivity contribution in [1.82, 2.24) is 4.90 Å². The summed E-state index contributed by atoms with van der Waals surface area (Å²) in [5.41, 5.74) is -0.337. The van der Waals surface area contributed by atoms with Crippen molar-refractivity contribution >= 4 is 17.7 Å². The van der Waals surface area contributed by atoms with Gasteiger partial charge in [0, 0.05) is 19.3 Å². The van der Waals surface area contributed by atoms with E-state index in [4.69, 9.17) is 10.4 Å².